The normalized spacial score (nSPS) is 41.5. The van der Waals surface area contributed by atoms with Gasteiger partial charge < -0.3 is 20.1 Å². The Labute approximate surface area is 198 Å². The first-order valence-corrected chi connectivity index (χ1v) is 12.2. The highest BCUT2D eigenvalue weighted by Gasteiger charge is 2.73. The number of aromatic nitrogens is 1. The maximum atomic E-state index is 15.9. The Morgan fingerprint density at radius 2 is 1.94 bits per heavy atom. The van der Waals surface area contributed by atoms with Crippen molar-refractivity contribution >= 4 is 16.7 Å². The van der Waals surface area contributed by atoms with Crippen molar-refractivity contribution in [3.63, 3.8) is 0 Å². The Hall–Kier alpha value is -2.06. The van der Waals surface area contributed by atoms with Crippen molar-refractivity contribution < 1.29 is 29.3 Å². The van der Waals surface area contributed by atoms with Gasteiger partial charge in [-0.2, -0.15) is 4.79 Å². The van der Waals surface area contributed by atoms with Gasteiger partial charge in [0.15, 0.2) is 5.78 Å². The lowest BCUT2D eigenvalue weighted by atomic mass is 9.41. The van der Waals surface area contributed by atoms with Crippen molar-refractivity contribution in [1.82, 2.24) is 4.79 Å². The molecule has 7 atom stereocenters. The zero-order valence-corrected chi connectivity index (χ0v) is 20.0. The van der Waals surface area contributed by atoms with E-state index in [-0.39, 0.29) is 5.92 Å². The van der Waals surface area contributed by atoms with Crippen LogP contribution in [0.1, 0.15) is 58.2 Å². The summed E-state index contributed by atoms with van der Waals surface area (Å²) in [7, 11) is 0. The lowest BCUT2D eigenvalue weighted by Gasteiger charge is -2.66. The fourth-order valence-corrected chi connectivity index (χ4v) is 7.97. The second kappa shape index (κ2) is 6.58. The van der Waals surface area contributed by atoms with Crippen molar-refractivity contribution in [2.24, 2.45) is 11.3 Å². The molecular formula is C27H32FNO5. The smallest absolute Gasteiger partial charge is 0.187 e. The van der Waals surface area contributed by atoms with Crippen LogP contribution >= 0.6 is 0 Å². The molecule has 2 fully saturated rings. The molecule has 0 saturated heterocycles. The molecule has 4 aliphatic rings. The van der Waals surface area contributed by atoms with Gasteiger partial charge in [0.05, 0.1) is 29.0 Å². The van der Waals surface area contributed by atoms with Crippen molar-refractivity contribution in [1.29, 1.82) is 0 Å². The molecule has 1 aromatic carbocycles. The predicted molar refractivity (Wildman–Crippen MR) is 124 cm³/mol. The molecule has 2 aromatic rings. The van der Waals surface area contributed by atoms with Gasteiger partial charge in [-0.1, -0.05) is 36.5 Å². The molecule has 1 aromatic heterocycles. The lowest BCUT2D eigenvalue weighted by Crippen LogP contribution is -2.73. The molecule has 34 heavy (non-hydrogen) atoms. The summed E-state index contributed by atoms with van der Waals surface area (Å²) in [5.41, 5.74) is -2.47. The van der Waals surface area contributed by atoms with Crippen molar-refractivity contribution in [3.8, 4) is 0 Å². The molecule has 7 heteroatoms. The number of halogens is 1. The van der Waals surface area contributed by atoms with Gasteiger partial charge in [-0.25, -0.2) is 0 Å². The Balaban J connectivity index is 1.55. The number of hydrogen-bond donors (Lipinski definition) is 3. The van der Waals surface area contributed by atoms with E-state index >= 15 is 4.48 Å². The van der Waals surface area contributed by atoms with Gasteiger partial charge in [-0.05, 0) is 68.7 Å². The fraction of sp³-hybridized carbons (Fsp3) is 0.593. The van der Waals surface area contributed by atoms with Crippen molar-refractivity contribution in [2.45, 2.75) is 88.3 Å². The predicted octanol–water partition coefficient (Wildman–Crippen LogP) is 3.13. The molecule has 1 unspecified atom stereocenters. The van der Waals surface area contributed by atoms with Crippen molar-refractivity contribution in [3.05, 3.63) is 47.2 Å². The minimum Gasteiger partial charge on any atom is -0.390 e. The summed E-state index contributed by atoms with van der Waals surface area (Å²) in [6, 6.07) is 7.41. The van der Waals surface area contributed by atoms with Crippen LogP contribution in [0.5, 0.6) is 0 Å². The summed E-state index contributed by atoms with van der Waals surface area (Å²) in [6.45, 7) is 6.99. The monoisotopic (exact) mass is 469 g/mol. The van der Waals surface area contributed by atoms with Crippen LogP contribution in [-0.4, -0.2) is 55.4 Å². The summed E-state index contributed by atoms with van der Waals surface area (Å²) in [5, 5.41) is 35.1. The third-order valence-electron chi connectivity index (χ3n) is 9.85. The number of carbonyl (C=O) groups excluding carboxylic acids is 1. The van der Waals surface area contributed by atoms with E-state index < -0.39 is 46.1 Å². The Morgan fingerprint density at radius 1 is 1.24 bits per heavy atom. The summed E-state index contributed by atoms with van der Waals surface area (Å²) in [4.78, 5) is 13.8. The molecule has 0 amide bonds. The van der Waals surface area contributed by atoms with E-state index in [0.29, 0.717) is 42.5 Å². The third-order valence-corrected chi connectivity index (χ3v) is 9.85. The molecule has 2 heterocycles. The molecule has 182 valence electrons. The number of aliphatic hydroxyl groups is 3. The highest BCUT2D eigenvalue weighted by Crippen LogP contribution is 2.69. The van der Waals surface area contributed by atoms with Crippen LogP contribution in [0, 0.1) is 11.3 Å². The van der Waals surface area contributed by atoms with Crippen LogP contribution in [0.2, 0.25) is 0 Å². The molecule has 0 spiro atoms. The first-order chi connectivity index (χ1) is 15.9. The van der Waals surface area contributed by atoms with E-state index in [1.165, 1.54) is 19.9 Å². The van der Waals surface area contributed by atoms with Crippen LogP contribution in [0.15, 0.2) is 35.9 Å². The summed E-state index contributed by atoms with van der Waals surface area (Å²) in [5.74, 6) is -0.478. The van der Waals surface area contributed by atoms with Gasteiger partial charge in [0.2, 0.25) is 0 Å². The number of benzene rings is 1. The molecular weight excluding hydrogens is 437 g/mol. The minimum absolute atomic E-state index is 0.0501. The SMILES string of the molecule is CC(C)(O)[C@H]1OC2CC[C@]3(C)[C@@]4(C)c5c(c6ccccc6n5F)C[C@@H]4C[C@H](O)[C@@]3(O)C2=CC1=O. The first-order valence-electron chi connectivity index (χ1n) is 12.2. The molecule has 6 rings (SSSR count). The summed E-state index contributed by atoms with van der Waals surface area (Å²) >= 11 is 0. The Bertz CT molecular complexity index is 1260. The van der Waals surface area contributed by atoms with E-state index in [0.717, 1.165) is 15.7 Å². The molecule has 0 bridgehead atoms. The highest BCUT2D eigenvalue weighted by molar-refractivity contribution is 5.96. The standard InChI is InChI=1S/C27H32FNO5/c1-24(2,32)23-19(30)13-17-20(34-23)9-10-25(3)26(4)14(12-21(31)27(17,25)33)11-16-15-7-5-6-8-18(15)29(28)22(16)26/h5-8,13-14,20-21,23,31-33H,9-12H2,1-4H3/t14-,20?,21+,23+,25-,26-,27+/m1/s1. The van der Waals surface area contributed by atoms with E-state index in [4.69, 9.17) is 4.74 Å². The van der Waals surface area contributed by atoms with Crippen LogP contribution in [-0.2, 0) is 21.4 Å². The third kappa shape index (κ3) is 2.37. The van der Waals surface area contributed by atoms with E-state index in [9.17, 15) is 20.1 Å². The number of ether oxygens (including phenoxy) is 1. The van der Waals surface area contributed by atoms with E-state index in [1.54, 1.807) is 6.07 Å². The first kappa shape index (κ1) is 22.4. The van der Waals surface area contributed by atoms with Gasteiger partial charge in [-0.3, -0.25) is 4.79 Å². The molecule has 1 aliphatic heterocycles. The number of fused-ring (bicyclic) bond motifs is 9. The van der Waals surface area contributed by atoms with Crippen molar-refractivity contribution in [2.75, 3.05) is 0 Å². The maximum absolute atomic E-state index is 15.9. The molecule has 3 aliphatic carbocycles. The zero-order valence-electron chi connectivity index (χ0n) is 20.0. The van der Waals surface area contributed by atoms with Gasteiger partial charge in [0, 0.05) is 16.2 Å². The highest BCUT2D eigenvalue weighted by atomic mass is 19.2. The number of aliphatic hydroxyl groups excluding tert-OH is 1. The number of para-hydroxylation sites is 1. The average Bonchev–Trinajstić information content (AvgIpc) is 3.23. The molecule has 3 N–H and O–H groups in total. The number of hydrogen-bond acceptors (Lipinski definition) is 5. The van der Waals surface area contributed by atoms with Crippen LogP contribution in [0.3, 0.4) is 0 Å². The molecule has 0 radical (unpaired) electrons. The second-order valence-corrected chi connectivity index (χ2v) is 11.8. The minimum atomic E-state index is -1.76. The van der Waals surface area contributed by atoms with Gasteiger partial charge >= 0.3 is 0 Å². The Kier molecular flexibility index (Phi) is 4.33. The topological polar surface area (TPSA) is 91.9 Å². The number of carbonyl (C=O) groups is 1. The Morgan fingerprint density at radius 3 is 2.65 bits per heavy atom. The van der Waals surface area contributed by atoms with Gasteiger partial charge in [-0.15, -0.1) is 0 Å². The lowest BCUT2D eigenvalue weighted by molar-refractivity contribution is -0.234. The van der Waals surface area contributed by atoms with Gasteiger partial charge in [0.25, 0.3) is 0 Å². The number of rotatable bonds is 1. The van der Waals surface area contributed by atoms with Gasteiger partial charge in [0.1, 0.15) is 11.7 Å². The van der Waals surface area contributed by atoms with Crippen LogP contribution < -0.4 is 0 Å². The largest absolute Gasteiger partial charge is 0.390 e. The van der Waals surface area contributed by atoms with E-state index in [2.05, 4.69) is 0 Å². The number of ketones is 1. The van der Waals surface area contributed by atoms with Crippen LogP contribution in [0.4, 0.5) is 4.48 Å². The molecule has 6 nitrogen and oxygen atoms in total. The maximum Gasteiger partial charge on any atom is 0.187 e. The summed E-state index contributed by atoms with van der Waals surface area (Å²) in [6.07, 6.45) is 0.516. The van der Waals surface area contributed by atoms with E-state index in [1.807, 2.05) is 32.0 Å². The van der Waals surface area contributed by atoms with Crippen LogP contribution in [0.25, 0.3) is 10.9 Å². The molecule has 2 saturated carbocycles. The number of nitrogens with zero attached hydrogens (tertiary/aromatic N) is 1. The summed E-state index contributed by atoms with van der Waals surface area (Å²) < 4.78 is 22.0. The average molecular weight is 470 g/mol. The quantitative estimate of drug-likeness (QED) is 0.597. The second-order valence-electron chi connectivity index (χ2n) is 11.8. The zero-order chi connectivity index (χ0) is 24.4. The fourth-order valence-electron chi connectivity index (χ4n) is 7.97.